The zero-order valence-corrected chi connectivity index (χ0v) is 15.6. The molecule has 1 aliphatic heterocycles. The molecule has 5 rings (SSSR count). The molecule has 0 saturated heterocycles. The predicted molar refractivity (Wildman–Crippen MR) is 111 cm³/mol. The van der Waals surface area contributed by atoms with Gasteiger partial charge in [0, 0.05) is 32.5 Å². The van der Waals surface area contributed by atoms with Crippen molar-refractivity contribution in [2.45, 2.75) is 16.6 Å². The van der Waals surface area contributed by atoms with Gasteiger partial charge in [-0.1, -0.05) is 78.3 Å². The van der Waals surface area contributed by atoms with E-state index in [1.165, 1.54) is 32.7 Å². The van der Waals surface area contributed by atoms with Gasteiger partial charge >= 0.3 is 0 Å². The summed E-state index contributed by atoms with van der Waals surface area (Å²) in [7, 11) is 0. The molecular formula is C23H16ClNS. The Balaban J connectivity index is 1.72. The van der Waals surface area contributed by atoms with Crippen molar-refractivity contribution in [2.24, 2.45) is 0 Å². The van der Waals surface area contributed by atoms with Gasteiger partial charge in [-0.15, -0.1) is 11.8 Å². The molecule has 3 heteroatoms. The van der Waals surface area contributed by atoms with Crippen molar-refractivity contribution in [1.82, 2.24) is 4.98 Å². The number of para-hydroxylation sites is 1. The number of nitrogens with zero attached hydrogens (tertiary/aromatic N) is 1. The summed E-state index contributed by atoms with van der Waals surface area (Å²) < 4.78 is 0. The lowest BCUT2D eigenvalue weighted by Crippen LogP contribution is -1.95. The van der Waals surface area contributed by atoms with E-state index in [0.717, 1.165) is 17.0 Å². The Kier molecular flexibility index (Phi) is 3.96. The van der Waals surface area contributed by atoms with Crippen LogP contribution < -0.4 is 0 Å². The van der Waals surface area contributed by atoms with Crippen molar-refractivity contribution in [2.75, 3.05) is 0 Å². The van der Waals surface area contributed by atoms with Crippen molar-refractivity contribution in [3.63, 3.8) is 0 Å². The van der Waals surface area contributed by atoms with Gasteiger partial charge in [0.05, 0.1) is 11.2 Å². The van der Waals surface area contributed by atoms with Crippen molar-refractivity contribution in [3.05, 3.63) is 95.1 Å². The van der Waals surface area contributed by atoms with Crippen LogP contribution in [-0.4, -0.2) is 4.98 Å². The average molecular weight is 374 g/mol. The molecule has 4 aromatic rings. The lowest BCUT2D eigenvalue weighted by atomic mass is 9.98. The Hall–Kier alpha value is -2.29. The van der Waals surface area contributed by atoms with Crippen LogP contribution in [-0.2, 0) is 6.42 Å². The fourth-order valence-corrected chi connectivity index (χ4v) is 5.47. The number of halogens is 1. The highest BCUT2D eigenvalue weighted by molar-refractivity contribution is 8.00. The molecule has 1 aliphatic rings. The number of aromatic nitrogens is 1. The van der Waals surface area contributed by atoms with E-state index in [2.05, 4.69) is 66.7 Å². The number of pyridine rings is 1. The molecule has 126 valence electrons. The molecule has 1 atom stereocenters. The Morgan fingerprint density at radius 3 is 2.42 bits per heavy atom. The standard InChI is InChI=1S/C23H16ClNS/c24-18-12-6-4-10-16(18)21-14-20-23(26-21)22(15-8-2-1-3-9-15)17-11-5-7-13-19(17)25-20/h1-13,21H,14H2. The fraction of sp³-hybridized carbons (Fsp3) is 0.0870. The van der Waals surface area contributed by atoms with E-state index in [4.69, 9.17) is 16.6 Å². The number of hydrogen-bond acceptors (Lipinski definition) is 2. The van der Waals surface area contributed by atoms with Crippen LogP contribution in [0, 0.1) is 0 Å². The monoisotopic (exact) mass is 373 g/mol. The number of hydrogen-bond donors (Lipinski definition) is 0. The third kappa shape index (κ3) is 2.61. The predicted octanol–water partition coefficient (Wildman–Crippen LogP) is 6.94. The maximum atomic E-state index is 6.47. The summed E-state index contributed by atoms with van der Waals surface area (Å²) in [5.74, 6) is 0. The van der Waals surface area contributed by atoms with Crippen LogP contribution in [0.4, 0.5) is 0 Å². The molecule has 0 amide bonds. The van der Waals surface area contributed by atoms with Crippen LogP contribution in [0.15, 0.2) is 83.8 Å². The second-order valence-electron chi connectivity index (χ2n) is 6.48. The van der Waals surface area contributed by atoms with Gasteiger partial charge in [0.1, 0.15) is 0 Å². The van der Waals surface area contributed by atoms with Gasteiger partial charge < -0.3 is 0 Å². The lowest BCUT2D eigenvalue weighted by Gasteiger charge is -2.13. The summed E-state index contributed by atoms with van der Waals surface area (Å²) in [5.41, 5.74) is 5.98. The minimum Gasteiger partial charge on any atom is -0.252 e. The first kappa shape index (κ1) is 15.9. The zero-order chi connectivity index (χ0) is 17.5. The van der Waals surface area contributed by atoms with Crippen LogP contribution in [0.5, 0.6) is 0 Å². The number of fused-ring (bicyclic) bond motifs is 2. The molecule has 1 nitrogen and oxygen atoms in total. The van der Waals surface area contributed by atoms with Crippen molar-refractivity contribution in [1.29, 1.82) is 0 Å². The molecule has 26 heavy (non-hydrogen) atoms. The van der Waals surface area contributed by atoms with Gasteiger partial charge in [0.15, 0.2) is 0 Å². The Morgan fingerprint density at radius 1 is 0.846 bits per heavy atom. The smallest absolute Gasteiger partial charge is 0.0712 e. The molecule has 0 fully saturated rings. The highest BCUT2D eigenvalue weighted by Gasteiger charge is 2.30. The minimum absolute atomic E-state index is 0.311. The van der Waals surface area contributed by atoms with E-state index < -0.39 is 0 Å². The Bertz CT molecular complexity index is 1110. The molecule has 0 spiro atoms. The van der Waals surface area contributed by atoms with Crippen LogP contribution in [0.2, 0.25) is 5.02 Å². The van der Waals surface area contributed by atoms with E-state index in [1.54, 1.807) is 0 Å². The molecular weight excluding hydrogens is 358 g/mol. The van der Waals surface area contributed by atoms with E-state index in [9.17, 15) is 0 Å². The highest BCUT2D eigenvalue weighted by atomic mass is 35.5. The Labute approximate surface area is 162 Å². The lowest BCUT2D eigenvalue weighted by molar-refractivity contribution is 0.912. The maximum Gasteiger partial charge on any atom is 0.0712 e. The highest BCUT2D eigenvalue weighted by Crippen LogP contribution is 2.52. The summed E-state index contributed by atoms with van der Waals surface area (Å²) in [4.78, 5) is 6.27. The largest absolute Gasteiger partial charge is 0.252 e. The third-order valence-electron chi connectivity index (χ3n) is 4.87. The van der Waals surface area contributed by atoms with Crippen molar-refractivity contribution in [3.8, 4) is 11.1 Å². The van der Waals surface area contributed by atoms with Gasteiger partial charge in [-0.2, -0.15) is 0 Å². The quantitative estimate of drug-likeness (QED) is 0.377. The van der Waals surface area contributed by atoms with Gasteiger partial charge in [-0.05, 0) is 23.3 Å². The normalized spacial score (nSPS) is 16.0. The molecule has 0 aliphatic carbocycles. The number of thioether (sulfide) groups is 1. The Morgan fingerprint density at radius 2 is 1.58 bits per heavy atom. The van der Waals surface area contributed by atoms with Gasteiger partial charge in [-0.25, -0.2) is 0 Å². The van der Waals surface area contributed by atoms with Crippen LogP contribution in [0.25, 0.3) is 22.0 Å². The topological polar surface area (TPSA) is 12.9 Å². The zero-order valence-electron chi connectivity index (χ0n) is 14.0. The summed E-state index contributed by atoms with van der Waals surface area (Å²) in [6, 6.07) is 27.2. The molecule has 1 unspecified atom stereocenters. The maximum absolute atomic E-state index is 6.47. The average Bonchev–Trinajstić information content (AvgIpc) is 3.10. The minimum atomic E-state index is 0.311. The van der Waals surface area contributed by atoms with E-state index in [0.29, 0.717) is 5.25 Å². The summed E-state index contributed by atoms with van der Waals surface area (Å²) in [5, 5.41) is 2.36. The number of rotatable bonds is 2. The molecule has 0 N–H and O–H groups in total. The fourth-order valence-electron chi connectivity index (χ4n) is 3.67. The molecule has 3 aromatic carbocycles. The third-order valence-corrected chi connectivity index (χ3v) is 6.60. The van der Waals surface area contributed by atoms with Crippen molar-refractivity contribution >= 4 is 34.3 Å². The molecule has 0 saturated carbocycles. The number of benzene rings is 3. The van der Waals surface area contributed by atoms with Crippen molar-refractivity contribution < 1.29 is 0 Å². The van der Waals surface area contributed by atoms with Crippen LogP contribution in [0.1, 0.15) is 16.5 Å². The summed E-state index contributed by atoms with van der Waals surface area (Å²) in [6.07, 6.45) is 0.911. The van der Waals surface area contributed by atoms with Crippen LogP contribution in [0.3, 0.4) is 0 Å². The first-order valence-electron chi connectivity index (χ1n) is 8.69. The van der Waals surface area contributed by atoms with Gasteiger partial charge in [-0.3, -0.25) is 4.98 Å². The molecule has 0 bridgehead atoms. The molecule has 2 heterocycles. The molecule has 0 radical (unpaired) electrons. The van der Waals surface area contributed by atoms with Gasteiger partial charge in [0.25, 0.3) is 0 Å². The van der Waals surface area contributed by atoms with E-state index in [1.807, 2.05) is 23.9 Å². The SMILES string of the molecule is Clc1ccccc1C1Cc2nc3ccccc3c(-c3ccccc3)c2S1. The summed E-state index contributed by atoms with van der Waals surface area (Å²) in [6.45, 7) is 0. The van der Waals surface area contributed by atoms with E-state index >= 15 is 0 Å². The summed E-state index contributed by atoms with van der Waals surface area (Å²) >= 11 is 8.37. The van der Waals surface area contributed by atoms with Gasteiger partial charge in [0.2, 0.25) is 0 Å². The second-order valence-corrected chi connectivity index (χ2v) is 8.10. The second kappa shape index (κ2) is 6.46. The molecule has 1 aromatic heterocycles. The van der Waals surface area contributed by atoms with E-state index in [-0.39, 0.29) is 0 Å². The first-order valence-corrected chi connectivity index (χ1v) is 9.95. The van der Waals surface area contributed by atoms with Crippen LogP contribution >= 0.6 is 23.4 Å². The first-order chi connectivity index (χ1) is 12.8.